The topological polar surface area (TPSA) is 56.6 Å². The molecular formula is C27H31N3O3. The van der Waals surface area contributed by atoms with Gasteiger partial charge in [0.25, 0.3) is 0 Å². The summed E-state index contributed by atoms with van der Waals surface area (Å²) in [6, 6.07) is 17.8. The highest BCUT2D eigenvalue weighted by Gasteiger charge is 2.35. The lowest BCUT2D eigenvalue weighted by Crippen LogP contribution is -2.43. The van der Waals surface area contributed by atoms with Gasteiger partial charge in [-0.2, -0.15) is 5.10 Å². The molecule has 6 heteroatoms. The third-order valence-corrected chi connectivity index (χ3v) is 6.86. The fourth-order valence-corrected chi connectivity index (χ4v) is 5.16. The Hall–Kier alpha value is -3.12. The second-order valence-electron chi connectivity index (χ2n) is 8.97. The monoisotopic (exact) mass is 445 g/mol. The fraction of sp³-hybridized carbons (Fsp3) is 0.407. The van der Waals surface area contributed by atoms with E-state index in [1.807, 2.05) is 65.0 Å². The molecule has 33 heavy (non-hydrogen) atoms. The number of amides is 1. The van der Waals surface area contributed by atoms with Gasteiger partial charge >= 0.3 is 0 Å². The summed E-state index contributed by atoms with van der Waals surface area (Å²) in [6.07, 6.45) is 4.84. The van der Waals surface area contributed by atoms with Gasteiger partial charge in [-0.25, -0.2) is 4.68 Å². The lowest BCUT2D eigenvalue weighted by molar-refractivity contribution is -0.124. The van der Waals surface area contributed by atoms with Gasteiger partial charge in [0, 0.05) is 31.7 Å². The largest absolute Gasteiger partial charge is 0.457 e. The van der Waals surface area contributed by atoms with Gasteiger partial charge in [0.2, 0.25) is 5.91 Å². The molecule has 1 aliphatic heterocycles. The number of carbonyl (C=O) groups excluding carboxylic acids is 1. The Kier molecular flexibility index (Phi) is 6.18. The molecule has 0 unspecified atom stereocenters. The molecule has 1 fully saturated rings. The number of rotatable bonds is 5. The van der Waals surface area contributed by atoms with Gasteiger partial charge in [-0.3, -0.25) is 9.69 Å². The van der Waals surface area contributed by atoms with Crippen LogP contribution in [-0.2, 0) is 16.1 Å². The van der Waals surface area contributed by atoms with E-state index in [0.29, 0.717) is 0 Å². The first kappa shape index (κ1) is 21.7. The average Bonchev–Trinajstić information content (AvgIpc) is 3.20. The van der Waals surface area contributed by atoms with Gasteiger partial charge in [-0.05, 0) is 57.2 Å². The molecule has 1 saturated carbocycles. The van der Waals surface area contributed by atoms with Gasteiger partial charge < -0.3 is 9.47 Å². The first-order valence-electron chi connectivity index (χ1n) is 11.9. The van der Waals surface area contributed by atoms with E-state index in [4.69, 9.17) is 14.6 Å². The molecule has 2 heterocycles. The van der Waals surface area contributed by atoms with Gasteiger partial charge in [0.15, 0.2) is 0 Å². The van der Waals surface area contributed by atoms with Gasteiger partial charge in [-0.15, -0.1) is 0 Å². The summed E-state index contributed by atoms with van der Waals surface area (Å²) in [4.78, 5) is 15.7. The predicted molar refractivity (Wildman–Crippen MR) is 129 cm³/mol. The Bertz CT molecular complexity index is 1120. The Labute approximate surface area is 195 Å². The minimum Gasteiger partial charge on any atom is -0.457 e. The Morgan fingerprint density at radius 3 is 2.45 bits per heavy atom. The number of aromatic nitrogens is 2. The molecule has 3 aromatic rings. The molecule has 0 spiro atoms. The van der Waals surface area contributed by atoms with E-state index in [-0.39, 0.29) is 17.9 Å². The highest BCUT2D eigenvalue weighted by molar-refractivity contribution is 5.99. The number of hydrogen-bond acceptors (Lipinski definition) is 4. The zero-order valence-electron chi connectivity index (χ0n) is 19.4. The summed E-state index contributed by atoms with van der Waals surface area (Å²) in [7, 11) is 1.76. The van der Waals surface area contributed by atoms with Crippen molar-refractivity contribution in [2.75, 3.05) is 18.6 Å². The van der Waals surface area contributed by atoms with Crippen LogP contribution in [0.15, 0.2) is 54.6 Å². The summed E-state index contributed by atoms with van der Waals surface area (Å²) in [6.45, 7) is 3.56. The van der Waals surface area contributed by atoms with E-state index in [1.54, 1.807) is 7.11 Å². The maximum absolute atomic E-state index is 13.7. The summed E-state index contributed by atoms with van der Waals surface area (Å²) in [5, 5.41) is 4.83. The van der Waals surface area contributed by atoms with Crippen LogP contribution in [0.1, 0.15) is 37.8 Å². The van der Waals surface area contributed by atoms with E-state index in [0.717, 1.165) is 79.3 Å². The van der Waals surface area contributed by atoms with E-state index in [1.165, 1.54) is 0 Å². The number of benzene rings is 2. The lowest BCUT2D eigenvalue weighted by atomic mass is 9.86. The number of ether oxygens (including phenoxy) is 2. The standard InChI is InChI=1S/C27H31N3O3/c1-19-25(23-11-6-7-12-24(23)33-22-9-4-3-5-10-22)26-29(17-8-18-30(26)28-19)27(31)20-13-15-21(32-2)16-14-20/h3-7,9-12,20-21H,8,13-18H2,1-2H3. The molecule has 5 rings (SSSR count). The first-order chi connectivity index (χ1) is 16.2. The van der Waals surface area contributed by atoms with Crippen molar-refractivity contribution in [3.05, 3.63) is 60.3 Å². The molecule has 1 aliphatic carbocycles. The van der Waals surface area contributed by atoms with Gasteiger partial charge in [-0.1, -0.05) is 36.4 Å². The summed E-state index contributed by atoms with van der Waals surface area (Å²) < 4.78 is 13.8. The van der Waals surface area contributed by atoms with Crippen molar-refractivity contribution in [2.24, 2.45) is 5.92 Å². The molecule has 1 aromatic heterocycles. The summed E-state index contributed by atoms with van der Waals surface area (Å²) in [5.41, 5.74) is 2.86. The molecule has 0 bridgehead atoms. The second kappa shape index (κ2) is 9.40. The van der Waals surface area contributed by atoms with Crippen LogP contribution in [0.25, 0.3) is 11.1 Å². The molecule has 6 nitrogen and oxygen atoms in total. The minimum absolute atomic E-state index is 0.0434. The SMILES string of the molecule is COC1CCC(C(=O)N2CCCn3nc(C)c(-c4ccccc4Oc4ccccc4)c32)CC1. The number of anilines is 1. The molecule has 0 radical (unpaired) electrons. The predicted octanol–water partition coefficient (Wildman–Crippen LogP) is 5.59. The minimum atomic E-state index is 0.0434. The van der Waals surface area contributed by atoms with Crippen molar-refractivity contribution in [2.45, 2.75) is 51.7 Å². The molecule has 0 saturated heterocycles. The van der Waals surface area contributed by atoms with Crippen molar-refractivity contribution >= 4 is 11.7 Å². The van der Waals surface area contributed by atoms with Crippen molar-refractivity contribution in [3.8, 4) is 22.6 Å². The Morgan fingerprint density at radius 2 is 1.70 bits per heavy atom. The summed E-state index contributed by atoms with van der Waals surface area (Å²) >= 11 is 0. The van der Waals surface area contributed by atoms with Crippen LogP contribution >= 0.6 is 0 Å². The van der Waals surface area contributed by atoms with Crippen LogP contribution in [0.4, 0.5) is 5.82 Å². The van der Waals surface area contributed by atoms with E-state index in [9.17, 15) is 4.79 Å². The van der Waals surface area contributed by atoms with E-state index >= 15 is 0 Å². The van der Waals surface area contributed by atoms with Crippen LogP contribution in [-0.4, -0.2) is 35.4 Å². The number of hydrogen-bond donors (Lipinski definition) is 0. The number of carbonyl (C=O) groups is 1. The molecule has 172 valence electrons. The molecule has 0 atom stereocenters. The second-order valence-corrected chi connectivity index (χ2v) is 8.97. The van der Waals surface area contributed by atoms with Gasteiger partial charge in [0.05, 0.1) is 17.4 Å². The van der Waals surface area contributed by atoms with Crippen LogP contribution in [0, 0.1) is 12.8 Å². The number of fused-ring (bicyclic) bond motifs is 1. The van der Waals surface area contributed by atoms with Crippen molar-refractivity contribution in [1.82, 2.24) is 9.78 Å². The number of methoxy groups -OCH3 is 1. The van der Waals surface area contributed by atoms with Gasteiger partial charge in [0.1, 0.15) is 17.3 Å². The molecule has 2 aromatic carbocycles. The summed E-state index contributed by atoms with van der Waals surface area (Å²) in [5.74, 6) is 2.71. The maximum atomic E-state index is 13.7. The van der Waals surface area contributed by atoms with Crippen molar-refractivity contribution < 1.29 is 14.3 Å². The lowest BCUT2D eigenvalue weighted by Gasteiger charge is -2.34. The smallest absolute Gasteiger partial charge is 0.231 e. The molecule has 0 N–H and O–H groups in total. The highest BCUT2D eigenvalue weighted by Crippen LogP contribution is 2.43. The Morgan fingerprint density at radius 1 is 0.970 bits per heavy atom. The van der Waals surface area contributed by atoms with Crippen LogP contribution in [0.3, 0.4) is 0 Å². The third-order valence-electron chi connectivity index (χ3n) is 6.86. The number of nitrogens with zero attached hydrogens (tertiary/aromatic N) is 3. The van der Waals surface area contributed by atoms with E-state index < -0.39 is 0 Å². The normalized spacial score (nSPS) is 20.4. The van der Waals surface area contributed by atoms with Crippen LogP contribution in [0.2, 0.25) is 0 Å². The maximum Gasteiger partial charge on any atom is 0.231 e. The zero-order valence-corrected chi connectivity index (χ0v) is 19.4. The molecular weight excluding hydrogens is 414 g/mol. The number of aryl methyl sites for hydroxylation is 2. The van der Waals surface area contributed by atoms with E-state index in [2.05, 4.69) is 6.07 Å². The van der Waals surface area contributed by atoms with Crippen molar-refractivity contribution in [1.29, 1.82) is 0 Å². The highest BCUT2D eigenvalue weighted by atomic mass is 16.5. The average molecular weight is 446 g/mol. The Balaban J connectivity index is 1.51. The fourth-order valence-electron chi connectivity index (χ4n) is 5.16. The van der Waals surface area contributed by atoms with Crippen molar-refractivity contribution in [3.63, 3.8) is 0 Å². The zero-order chi connectivity index (χ0) is 22.8. The molecule has 2 aliphatic rings. The third kappa shape index (κ3) is 4.27. The van der Waals surface area contributed by atoms with Crippen LogP contribution < -0.4 is 9.64 Å². The number of para-hydroxylation sites is 2. The quantitative estimate of drug-likeness (QED) is 0.513. The molecule has 1 amide bonds. The first-order valence-corrected chi connectivity index (χ1v) is 11.9. The van der Waals surface area contributed by atoms with Crippen LogP contribution in [0.5, 0.6) is 11.5 Å².